The fourth-order valence-corrected chi connectivity index (χ4v) is 3.11. The molecule has 2 heterocycles. The van der Waals surface area contributed by atoms with Crippen LogP contribution in [0.2, 0.25) is 0 Å². The van der Waals surface area contributed by atoms with Crippen molar-refractivity contribution in [1.82, 2.24) is 14.9 Å². The minimum absolute atomic E-state index is 0.670. The number of hydrogen-bond donors (Lipinski definition) is 0. The Balaban J connectivity index is 1.96. The van der Waals surface area contributed by atoms with E-state index in [0.717, 1.165) is 36.8 Å². The molecular formula is C16H27N3O. The van der Waals surface area contributed by atoms with E-state index in [9.17, 15) is 0 Å². The van der Waals surface area contributed by atoms with E-state index in [2.05, 4.69) is 14.9 Å². The van der Waals surface area contributed by atoms with Crippen LogP contribution in [-0.4, -0.2) is 41.2 Å². The van der Waals surface area contributed by atoms with E-state index < -0.39 is 0 Å². The van der Waals surface area contributed by atoms with Crippen LogP contribution in [0.15, 0.2) is 6.07 Å². The second-order valence-corrected chi connectivity index (χ2v) is 5.82. The number of likely N-dealkylation sites (tertiary alicyclic amines) is 1. The minimum Gasteiger partial charge on any atom is -0.385 e. The van der Waals surface area contributed by atoms with Gasteiger partial charge in [0.15, 0.2) is 0 Å². The standard InChI is InChI=1S/C16H27N3O/c1-13-11-14(2)18-16(17-13)12-19-9-5-4-7-15(19)8-6-10-20-3/h11,15H,4-10,12H2,1-3H3/t15-/m1/s1. The summed E-state index contributed by atoms with van der Waals surface area (Å²) in [5, 5.41) is 0. The summed E-state index contributed by atoms with van der Waals surface area (Å²) in [5.74, 6) is 0.973. The minimum atomic E-state index is 0.670. The first kappa shape index (κ1) is 15.4. The zero-order valence-electron chi connectivity index (χ0n) is 13.1. The number of ether oxygens (including phenoxy) is 1. The van der Waals surface area contributed by atoms with E-state index in [-0.39, 0.29) is 0 Å². The van der Waals surface area contributed by atoms with Crippen molar-refractivity contribution in [3.8, 4) is 0 Å². The molecule has 1 fully saturated rings. The van der Waals surface area contributed by atoms with Gasteiger partial charge in [-0.25, -0.2) is 9.97 Å². The molecule has 1 aliphatic rings. The van der Waals surface area contributed by atoms with Crippen LogP contribution < -0.4 is 0 Å². The lowest BCUT2D eigenvalue weighted by atomic mass is 9.98. The zero-order chi connectivity index (χ0) is 14.4. The first-order valence-corrected chi connectivity index (χ1v) is 7.73. The molecule has 4 nitrogen and oxygen atoms in total. The van der Waals surface area contributed by atoms with Gasteiger partial charge in [0.2, 0.25) is 0 Å². The second kappa shape index (κ2) is 7.70. The SMILES string of the molecule is COCCC[C@H]1CCCCN1Cc1nc(C)cc(C)n1. The summed E-state index contributed by atoms with van der Waals surface area (Å²) < 4.78 is 5.17. The maximum Gasteiger partial charge on any atom is 0.142 e. The summed E-state index contributed by atoms with van der Waals surface area (Å²) >= 11 is 0. The molecule has 0 spiro atoms. The topological polar surface area (TPSA) is 38.2 Å². The van der Waals surface area contributed by atoms with Gasteiger partial charge in [-0.2, -0.15) is 0 Å². The second-order valence-electron chi connectivity index (χ2n) is 5.82. The van der Waals surface area contributed by atoms with Crippen LogP contribution in [0.3, 0.4) is 0 Å². The molecule has 112 valence electrons. The molecule has 1 aromatic heterocycles. The van der Waals surface area contributed by atoms with Crippen LogP contribution in [0.1, 0.15) is 49.3 Å². The highest BCUT2D eigenvalue weighted by molar-refractivity contribution is 5.08. The Kier molecular flexibility index (Phi) is 5.92. The molecule has 1 aliphatic heterocycles. The highest BCUT2D eigenvalue weighted by Gasteiger charge is 2.22. The van der Waals surface area contributed by atoms with Crippen LogP contribution in [0.4, 0.5) is 0 Å². The third-order valence-corrected chi connectivity index (χ3v) is 4.01. The fourth-order valence-electron chi connectivity index (χ4n) is 3.11. The lowest BCUT2D eigenvalue weighted by Gasteiger charge is -2.35. The van der Waals surface area contributed by atoms with Crippen molar-refractivity contribution in [3.05, 3.63) is 23.3 Å². The molecular weight excluding hydrogens is 250 g/mol. The Morgan fingerprint density at radius 2 is 2.00 bits per heavy atom. The van der Waals surface area contributed by atoms with Crippen molar-refractivity contribution in [1.29, 1.82) is 0 Å². The number of aromatic nitrogens is 2. The van der Waals surface area contributed by atoms with Crippen LogP contribution in [0.5, 0.6) is 0 Å². The molecule has 0 amide bonds. The largest absolute Gasteiger partial charge is 0.385 e. The quantitative estimate of drug-likeness (QED) is 0.749. The fraction of sp³-hybridized carbons (Fsp3) is 0.750. The van der Waals surface area contributed by atoms with Gasteiger partial charge in [-0.1, -0.05) is 6.42 Å². The molecule has 20 heavy (non-hydrogen) atoms. The van der Waals surface area contributed by atoms with E-state index in [1.807, 2.05) is 19.9 Å². The summed E-state index contributed by atoms with van der Waals surface area (Å²) in [5.41, 5.74) is 2.14. The predicted octanol–water partition coefficient (Wildman–Crippen LogP) is 2.87. The van der Waals surface area contributed by atoms with Gasteiger partial charge in [-0.05, 0) is 52.1 Å². The molecule has 4 heteroatoms. The maximum absolute atomic E-state index is 5.17. The lowest BCUT2D eigenvalue weighted by Crippen LogP contribution is -2.39. The van der Waals surface area contributed by atoms with Gasteiger partial charge < -0.3 is 4.74 Å². The van der Waals surface area contributed by atoms with Crippen molar-refractivity contribution >= 4 is 0 Å². The van der Waals surface area contributed by atoms with Gasteiger partial charge in [0.1, 0.15) is 5.82 Å². The highest BCUT2D eigenvalue weighted by atomic mass is 16.5. The molecule has 0 unspecified atom stereocenters. The molecule has 2 rings (SSSR count). The van der Waals surface area contributed by atoms with Crippen LogP contribution >= 0.6 is 0 Å². The van der Waals surface area contributed by atoms with Gasteiger partial charge in [0, 0.05) is 31.1 Å². The predicted molar refractivity (Wildman–Crippen MR) is 80.7 cm³/mol. The van der Waals surface area contributed by atoms with E-state index in [0.29, 0.717) is 6.04 Å². The number of methoxy groups -OCH3 is 1. The summed E-state index contributed by atoms with van der Waals surface area (Å²) in [6.07, 6.45) is 6.31. The van der Waals surface area contributed by atoms with Crippen LogP contribution in [0.25, 0.3) is 0 Å². The van der Waals surface area contributed by atoms with Crippen molar-refractivity contribution in [2.45, 2.75) is 58.5 Å². The summed E-state index contributed by atoms with van der Waals surface area (Å²) in [7, 11) is 1.78. The Bertz CT molecular complexity index is 402. The van der Waals surface area contributed by atoms with E-state index in [1.54, 1.807) is 7.11 Å². The molecule has 1 saturated heterocycles. The zero-order valence-corrected chi connectivity index (χ0v) is 13.1. The Hall–Kier alpha value is -1.00. The molecule has 0 saturated carbocycles. The number of piperidine rings is 1. The number of nitrogens with zero attached hydrogens (tertiary/aromatic N) is 3. The Labute approximate surface area is 122 Å². The lowest BCUT2D eigenvalue weighted by molar-refractivity contribution is 0.114. The highest BCUT2D eigenvalue weighted by Crippen LogP contribution is 2.22. The molecule has 0 bridgehead atoms. The summed E-state index contributed by atoms with van der Waals surface area (Å²) in [6.45, 7) is 7.02. The Morgan fingerprint density at radius 3 is 2.70 bits per heavy atom. The van der Waals surface area contributed by atoms with Crippen molar-refractivity contribution < 1.29 is 4.74 Å². The van der Waals surface area contributed by atoms with Gasteiger partial charge in [-0.3, -0.25) is 4.90 Å². The third kappa shape index (κ3) is 4.53. The Morgan fingerprint density at radius 1 is 1.25 bits per heavy atom. The first-order valence-electron chi connectivity index (χ1n) is 7.73. The van der Waals surface area contributed by atoms with Gasteiger partial charge >= 0.3 is 0 Å². The van der Waals surface area contributed by atoms with Gasteiger partial charge in [-0.15, -0.1) is 0 Å². The van der Waals surface area contributed by atoms with Crippen molar-refractivity contribution in [2.24, 2.45) is 0 Å². The molecule has 0 aromatic carbocycles. The van der Waals surface area contributed by atoms with E-state index in [1.165, 1.54) is 32.2 Å². The molecule has 1 aromatic rings. The monoisotopic (exact) mass is 277 g/mol. The summed E-state index contributed by atoms with van der Waals surface area (Å²) in [6, 6.07) is 2.71. The van der Waals surface area contributed by atoms with Gasteiger partial charge in [0.25, 0.3) is 0 Å². The third-order valence-electron chi connectivity index (χ3n) is 4.01. The van der Waals surface area contributed by atoms with Crippen LogP contribution in [0, 0.1) is 13.8 Å². The number of hydrogen-bond acceptors (Lipinski definition) is 4. The molecule has 0 radical (unpaired) electrons. The smallest absolute Gasteiger partial charge is 0.142 e. The van der Waals surface area contributed by atoms with Crippen molar-refractivity contribution in [2.75, 3.05) is 20.3 Å². The molecule has 1 atom stereocenters. The van der Waals surface area contributed by atoms with E-state index >= 15 is 0 Å². The number of aryl methyl sites for hydroxylation is 2. The first-order chi connectivity index (χ1) is 9.69. The number of rotatable bonds is 6. The summed E-state index contributed by atoms with van der Waals surface area (Å²) in [4.78, 5) is 11.7. The molecule has 0 aliphatic carbocycles. The maximum atomic E-state index is 5.17. The normalized spacial score (nSPS) is 20.2. The van der Waals surface area contributed by atoms with Crippen molar-refractivity contribution in [3.63, 3.8) is 0 Å². The van der Waals surface area contributed by atoms with Gasteiger partial charge in [0.05, 0.1) is 6.54 Å². The van der Waals surface area contributed by atoms with E-state index in [4.69, 9.17) is 4.74 Å². The van der Waals surface area contributed by atoms with Crippen LogP contribution in [-0.2, 0) is 11.3 Å². The average Bonchev–Trinajstić information content (AvgIpc) is 2.40. The molecule has 0 N–H and O–H groups in total. The average molecular weight is 277 g/mol.